The van der Waals surface area contributed by atoms with E-state index in [1.165, 1.54) is 0 Å². The van der Waals surface area contributed by atoms with Crippen LogP contribution in [0, 0.1) is 11.3 Å². The highest BCUT2D eigenvalue weighted by Crippen LogP contribution is 2.26. The van der Waals surface area contributed by atoms with Crippen LogP contribution in [-0.4, -0.2) is 26.4 Å². The van der Waals surface area contributed by atoms with Gasteiger partial charge in [0, 0.05) is 19.1 Å². The molecule has 13 heavy (non-hydrogen) atoms. The molecule has 2 heteroatoms. The van der Waals surface area contributed by atoms with Crippen molar-refractivity contribution < 1.29 is 9.47 Å². The van der Waals surface area contributed by atoms with Gasteiger partial charge in [-0.15, -0.1) is 0 Å². The summed E-state index contributed by atoms with van der Waals surface area (Å²) < 4.78 is 10.9. The van der Waals surface area contributed by atoms with E-state index < -0.39 is 0 Å². The molecule has 0 aliphatic carbocycles. The SMILES string of the molecule is CCOCC(COCC)C(C)(C)C. The molecule has 0 rings (SSSR count). The molecule has 0 saturated heterocycles. The van der Waals surface area contributed by atoms with Crippen molar-refractivity contribution in [1.82, 2.24) is 0 Å². The van der Waals surface area contributed by atoms with Crippen LogP contribution >= 0.6 is 0 Å². The number of rotatable bonds is 6. The van der Waals surface area contributed by atoms with Gasteiger partial charge in [-0.25, -0.2) is 0 Å². The third kappa shape index (κ3) is 6.05. The Kier molecular flexibility index (Phi) is 6.35. The van der Waals surface area contributed by atoms with Crippen LogP contribution in [-0.2, 0) is 9.47 Å². The van der Waals surface area contributed by atoms with Gasteiger partial charge in [-0.1, -0.05) is 20.8 Å². The summed E-state index contributed by atoms with van der Waals surface area (Å²) in [7, 11) is 0. The van der Waals surface area contributed by atoms with E-state index in [-0.39, 0.29) is 5.41 Å². The first-order valence-electron chi connectivity index (χ1n) is 5.17. The summed E-state index contributed by atoms with van der Waals surface area (Å²) in [6.45, 7) is 13.9. The Bertz CT molecular complexity index is 108. The molecule has 0 spiro atoms. The first kappa shape index (κ1) is 12.9. The summed E-state index contributed by atoms with van der Waals surface area (Å²) in [5.41, 5.74) is 0.268. The van der Waals surface area contributed by atoms with Crippen molar-refractivity contribution in [3.63, 3.8) is 0 Å². The molecule has 0 N–H and O–H groups in total. The maximum absolute atomic E-state index is 5.44. The predicted molar refractivity (Wildman–Crippen MR) is 55.9 cm³/mol. The Balaban J connectivity index is 3.88. The Morgan fingerprint density at radius 3 is 1.54 bits per heavy atom. The van der Waals surface area contributed by atoms with Crippen molar-refractivity contribution in [3.8, 4) is 0 Å². The van der Waals surface area contributed by atoms with Gasteiger partial charge in [-0.3, -0.25) is 0 Å². The van der Waals surface area contributed by atoms with E-state index in [1.807, 2.05) is 13.8 Å². The van der Waals surface area contributed by atoms with Gasteiger partial charge in [0.15, 0.2) is 0 Å². The van der Waals surface area contributed by atoms with Gasteiger partial charge in [-0.2, -0.15) is 0 Å². The Labute approximate surface area is 82.6 Å². The molecular formula is C11H24O2. The van der Waals surface area contributed by atoms with E-state index in [9.17, 15) is 0 Å². The fraction of sp³-hybridized carbons (Fsp3) is 1.00. The molecule has 0 heterocycles. The summed E-state index contributed by atoms with van der Waals surface area (Å²) in [5.74, 6) is 0.493. The molecule has 0 aromatic rings. The minimum Gasteiger partial charge on any atom is -0.381 e. The lowest BCUT2D eigenvalue weighted by Crippen LogP contribution is -2.29. The van der Waals surface area contributed by atoms with Crippen molar-refractivity contribution in [3.05, 3.63) is 0 Å². The van der Waals surface area contributed by atoms with Gasteiger partial charge in [0.05, 0.1) is 13.2 Å². The van der Waals surface area contributed by atoms with E-state index >= 15 is 0 Å². The molecule has 2 nitrogen and oxygen atoms in total. The van der Waals surface area contributed by atoms with Crippen molar-refractivity contribution in [2.75, 3.05) is 26.4 Å². The molecule has 0 aromatic heterocycles. The Morgan fingerprint density at radius 2 is 1.31 bits per heavy atom. The van der Waals surface area contributed by atoms with Gasteiger partial charge in [-0.05, 0) is 19.3 Å². The lowest BCUT2D eigenvalue weighted by atomic mass is 9.82. The molecule has 0 atom stereocenters. The van der Waals surface area contributed by atoms with Crippen LogP contribution in [0.1, 0.15) is 34.6 Å². The van der Waals surface area contributed by atoms with Gasteiger partial charge < -0.3 is 9.47 Å². The summed E-state index contributed by atoms with van der Waals surface area (Å²) in [6.07, 6.45) is 0. The maximum Gasteiger partial charge on any atom is 0.0521 e. The van der Waals surface area contributed by atoms with Crippen molar-refractivity contribution in [2.45, 2.75) is 34.6 Å². The first-order valence-corrected chi connectivity index (χ1v) is 5.17. The Morgan fingerprint density at radius 1 is 0.923 bits per heavy atom. The van der Waals surface area contributed by atoms with Crippen LogP contribution in [0.5, 0.6) is 0 Å². The quantitative estimate of drug-likeness (QED) is 0.638. The number of hydrogen-bond acceptors (Lipinski definition) is 2. The summed E-state index contributed by atoms with van der Waals surface area (Å²) in [4.78, 5) is 0. The van der Waals surface area contributed by atoms with E-state index in [2.05, 4.69) is 20.8 Å². The van der Waals surface area contributed by atoms with Gasteiger partial charge in [0.2, 0.25) is 0 Å². The van der Waals surface area contributed by atoms with Gasteiger partial charge in [0.1, 0.15) is 0 Å². The minimum absolute atomic E-state index is 0.268. The zero-order chi connectivity index (χ0) is 10.3. The smallest absolute Gasteiger partial charge is 0.0521 e. The highest BCUT2D eigenvalue weighted by Gasteiger charge is 2.24. The van der Waals surface area contributed by atoms with Gasteiger partial charge in [0.25, 0.3) is 0 Å². The average Bonchev–Trinajstić information content (AvgIpc) is 2.02. The molecule has 0 bridgehead atoms. The zero-order valence-electron chi connectivity index (χ0n) is 9.72. The van der Waals surface area contributed by atoms with E-state index in [1.54, 1.807) is 0 Å². The fourth-order valence-electron chi connectivity index (χ4n) is 1.07. The third-order valence-electron chi connectivity index (χ3n) is 2.27. The molecule has 0 saturated carbocycles. The second-order valence-electron chi connectivity index (χ2n) is 4.38. The molecule has 0 aliphatic rings. The normalized spacial score (nSPS) is 12.5. The van der Waals surface area contributed by atoms with Crippen LogP contribution in [0.2, 0.25) is 0 Å². The first-order chi connectivity index (χ1) is 6.02. The van der Waals surface area contributed by atoms with Crippen LogP contribution in [0.3, 0.4) is 0 Å². The third-order valence-corrected chi connectivity index (χ3v) is 2.27. The minimum atomic E-state index is 0.268. The largest absolute Gasteiger partial charge is 0.381 e. The predicted octanol–water partition coefficient (Wildman–Crippen LogP) is 2.72. The molecule has 0 aliphatic heterocycles. The highest BCUT2D eigenvalue weighted by atomic mass is 16.5. The molecule has 0 aromatic carbocycles. The van der Waals surface area contributed by atoms with Crippen LogP contribution in [0.15, 0.2) is 0 Å². The topological polar surface area (TPSA) is 18.5 Å². The van der Waals surface area contributed by atoms with Gasteiger partial charge >= 0.3 is 0 Å². The highest BCUT2D eigenvalue weighted by molar-refractivity contribution is 4.73. The van der Waals surface area contributed by atoms with Crippen molar-refractivity contribution >= 4 is 0 Å². The second kappa shape index (κ2) is 6.39. The molecule has 0 radical (unpaired) electrons. The van der Waals surface area contributed by atoms with Crippen LogP contribution < -0.4 is 0 Å². The average molecular weight is 188 g/mol. The van der Waals surface area contributed by atoms with Crippen molar-refractivity contribution in [2.24, 2.45) is 11.3 Å². The summed E-state index contributed by atoms with van der Waals surface area (Å²) in [6, 6.07) is 0. The molecule has 80 valence electrons. The van der Waals surface area contributed by atoms with E-state index in [4.69, 9.17) is 9.47 Å². The van der Waals surface area contributed by atoms with E-state index in [0.29, 0.717) is 5.92 Å². The molecule has 0 fully saturated rings. The van der Waals surface area contributed by atoms with Crippen molar-refractivity contribution in [1.29, 1.82) is 0 Å². The lowest BCUT2D eigenvalue weighted by Gasteiger charge is -2.30. The summed E-state index contributed by atoms with van der Waals surface area (Å²) in [5, 5.41) is 0. The Hall–Kier alpha value is -0.0800. The number of ether oxygens (including phenoxy) is 2. The standard InChI is InChI=1S/C11H24O2/c1-6-12-8-10(9-13-7-2)11(3,4)5/h10H,6-9H2,1-5H3. The van der Waals surface area contributed by atoms with E-state index in [0.717, 1.165) is 26.4 Å². The van der Waals surface area contributed by atoms with Crippen LogP contribution in [0.25, 0.3) is 0 Å². The molecule has 0 amide bonds. The molecular weight excluding hydrogens is 164 g/mol. The monoisotopic (exact) mass is 188 g/mol. The fourth-order valence-corrected chi connectivity index (χ4v) is 1.07. The number of hydrogen-bond donors (Lipinski definition) is 0. The zero-order valence-corrected chi connectivity index (χ0v) is 9.72. The summed E-state index contributed by atoms with van der Waals surface area (Å²) >= 11 is 0. The lowest BCUT2D eigenvalue weighted by molar-refractivity contribution is 0.00229. The second-order valence-corrected chi connectivity index (χ2v) is 4.38. The van der Waals surface area contributed by atoms with Crippen LogP contribution in [0.4, 0.5) is 0 Å². The molecule has 0 unspecified atom stereocenters. The maximum atomic E-state index is 5.44.